The summed E-state index contributed by atoms with van der Waals surface area (Å²) in [5.41, 5.74) is 1.07. The minimum Gasteiger partial charge on any atom is -0.497 e. The Hall–Kier alpha value is -3.87. The maximum Gasteiger partial charge on any atom is 0.302 e. The van der Waals surface area contributed by atoms with E-state index in [1.54, 1.807) is 17.7 Å². The normalized spacial score (nSPS) is 11.5. The average Bonchev–Trinajstić information content (AvgIpc) is 3.11. The lowest BCUT2D eigenvalue weighted by molar-refractivity contribution is -0.120. The van der Waals surface area contributed by atoms with E-state index in [9.17, 15) is 9.90 Å². The van der Waals surface area contributed by atoms with Crippen molar-refractivity contribution in [3.8, 4) is 17.4 Å². The zero-order chi connectivity index (χ0) is 23.2. The lowest BCUT2D eigenvalue weighted by atomic mass is 10.1. The number of rotatable bonds is 9. The molecule has 0 saturated carbocycles. The van der Waals surface area contributed by atoms with Crippen LogP contribution < -0.4 is 9.47 Å². The Morgan fingerprint density at radius 3 is 2.67 bits per heavy atom. The molecule has 0 aliphatic carbocycles. The van der Waals surface area contributed by atoms with Gasteiger partial charge in [0.1, 0.15) is 11.5 Å². The summed E-state index contributed by atoms with van der Waals surface area (Å²) in [6.45, 7) is 2.52. The Kier molecular flexibility index (Phi) is 6.88. The minimum absolute atomic E-state index is 0.0131. The zero-order valence-corrected chi connectivity index (χ0v) is 18.8. The van der Waals surface area contributed by atoms with Crippen molar-refractivity contribution in [1.82, 2.24) is 4.57 Å². The molecular weight excluding hydrogens is 418 g/mol. The molecule has 7 heteroatoms. The summed E-state index contributed by atoms with van der Waals surface area (Å²) in [6, 6.07) is 19.0. The van der Waals surface area contributed by atoms with Crippen LogP contribution >= 0.6 is 0 Å². The molecule has 33 heavy (non-hydrogen) atoms. The molecule has 1 heterocycles. The second-order valence-electron chi connectivity index (χ2n) is 7.77. The van der Waals surface area contributed by atoms with Gasteiger partial charge in [0.25, 0.3) is 0 Å². The number of ether oxygens (including phenoxy) is 2. The summed E-state index contributed by atoms with van der Waals surface area (Å²) in [6.07, 6.45) is 3.05. The van der Waals surface area contributed by atoms with Crippen LogP contribution in [0.25, 0.3) is 21.7 Å². The number of fused-ring (bicyclic) bond motifs is 2. The van der Waals surface area contributed by atoms with Gasteiger partial charge in [0, 0.05) is 17.3 Å². The van der Waals surface area contributed by atoms with Crippen LogP contribution in [-0.2, 0) is 11.3 Å². The van der Waals surface area contributed by atoms with E-state index < -0.39 is 5.91 Å². The number of benzene rings is 3. The van der Waals surface area contributed by atoms with E-state index >= 15 is 0 Å². The predicted octanol–water partition coefficient (Wildman–Crippen LogP) is 6.39. The lowest BCUT2D eigenvalue weighted by Crippen LogP contribution is -2.08. The van der Waals surface area contributed by atoms with E-state index in [1.165, 1.54) is 0 Å². The van der Waals surface area contributed by atoms with Crippen molar-refractivity contribution in [2.24, 2.45) is 10.2 Å². The Bertz CT molecular complexity index is 1300. The molecule has 170 valence electrons. The highest BCUT2D eigenvalue weighted by molar-refractivity contribution is 5.96. The van der Waals surface area contributed by atoms with Gasteiger partial charge >= 0.3 is 5.91 Å². The Morgan fingerprint density at radius 2 is 1.85 bits per heavy atom. The molecule has 0 unspecified atom stereocenters. The Balaban J connectivity index is 1.56. The van der Waals surface area contributed by atoms with Crippen LogP contribution in [0, 0.1) is 0 Å². The van der Waals surface area contributed by atoms with E-state index in [4.69, 9.17) is 9.47 Å². The van der Waals surface area contributed by atoms with Crippen molar-refractivity contribution < 1.29 is 19.4 Å². The highest BCUT2D eigenvalue weighted by Gasteiger charge is 2.18. The first-order valence-electron chi connectivity index (χ1n) is 11.1. The zero-order valence-electron chi connectivity index (χ0n) is 18.8. The molecule has 1 amide bonds. The van der Waals surface area contributed by atoms with Crippen molar-refractivity contribution in [3.05, 3.63) is 60.7 Å². The van der Waals surface area contributed by atoms with Gasteiger partial charge in [-0.2, -0.15) is 0 Å². The topological polar surface area (TPSA) is 85.4 Å². The summed E-state index contributed by atoms with van der Waals surface area (Å²) < 4.78 is 12.8. The third kappa shape index (κ3) is 4.82. The quantitative estimate of drug-likeness (QED) is 0.239. The predicted molar refractivity (Wildman–Crippen MR) is 129 cm³/mol. The van der Waals surface area contributed by atoms with Crippen molar-refractivity contribution in [1.29, 1.82) is 0 Å². The second-order valence-corrected chi connectivity index (χ2v) is 7.77. The first-order valence-corrected chi connectivity index (χ1v) is 11.1. The van der Waals surface area contributed by atoms with E-state index in [-0.39, 0.29) is 18.2 Å². The molecule has 0 aliphatic heterocycles. The van der Waals surface area contributed by atoms with E-state index in [0.717, 1.165) is 35.6 Å². The fourth-order valence-corrected chi connectivity index (χ4v) is 3.87. The highest BCUT2D eigenvalue weighted by atomic mass is 16.5. The maximum absolute atomic E-state index is 12.4. The van der Waals surface area contributed by atoms with Crippen LogP contribution in [0.3, 0.4) is 0 Å². The van der Waals surface area contributed by atoms with Gasteiger partial charge in [0.15, 0.2) is 12.3 Å². The molecule has 0 radical (unpaired) electrons. The van der Waals surface area contributed by atoms with E-state index in [2.05, 4.69) is 17.2 Å². The smallest absolute Gasteiger partial charge is 0.302 e. The van der Waals surface area contributed by atoms with Crippen LogP contribution in [0.4, 0.5) is 5.69 Å². The number of nitrogens with zero attached hydrogens (tertiary/aromatic N) is 3. The van der Waals surface area contributed by atoms with Gasteiger partial charge < -0.3 is 19.1 Å². The lowest BCUT2D eigenvalue weighted by Gasteiger charge is -2.07. The van der Waals surface area contributed by atoms with Gasteiger partial charge in [-0.25, -0.2) is 0 Å². The van der Waals surface area contributed by atoms with Crippen molar-refractivity contribution in [3.63, 3.8) is 0 Å². The fourth-order valence-electron chi connectivity index (χ4n) is 3.87. The van der Waals surface area contributed by atoms with Gasteiger partial charge in [0.2, 0.25) is 5.88 Å². The van der Waals surface area contributed by atoms with Crippen LogP contribution in [0.2, 0.25) is 0 Å². The molecule has 4 aromatic rings. The van der Waals surface area contributed by atoms with Crippen LogP contribution in [0.15, 0.2) is 70.9 Å². The van der Waals surface area contributed by atoms with Crippen molar-refractivity contribution >= 4 is 33.3 Å². The minimum atomic E-state index is -0.544. The van der Waals surface area contributed by atoms with Crippen LogP contribution in [-0.4, -0.2) is 29.3 Å². The van der Waals surface area contributed by atoms with Gasteiger partial charge in [-0.3, -0.25) is 4.79 Å². The summed E-state index contributed by atoms with van der Waals surface area (Å²) in [7, 11) is 1.58. The number of unbranched alkanes of at least 4 members (excludes halogenated alkanes) is 2. The number of amides is 1. The first kappa shape index (κ1) is 22.3. The van der Waals surface area contributed by atoms with Gasteiger partial charge in [0.05, 0.1) is 12.6 Å². The van der Waals surface area contributed by atoms with Gasteiger partial charge in [-0.1, -0.05) is 56.2 Å². The molecule has 0 saturated heterocycles. The molecular formula is C26H27N3O4. The Labute approximate surface area is 192 Å². The third-order valence-electron chi connectivity index (χ3n) is 5.56. The number of carbonyl (C=O) groups excluding carboxylic acids is 1. The van der Waals surface area contributed by atoms with E-state index in [1.807, 2.05) is 54.6 Å². The van der Waals surface area contributed by atoms with Crippen molar-refractivity contribution in [2.45, 2.75) is 32.7 Å². The number of hydrogen-bond donors (Lipinski definition) is 1. The fraction of sp³-hybridized carbons (Fsp3) is 0.269. The van der Waals surface area contributed by atoms with Crippen LogP contribution in [0.5, 0.6) is 17.4 Å². The van der Waals surface area contributed by atoms with E-state index in [0.29, 0.717) is 23.4 Å². The molecule has 0 atom stereocenters. The summed E-state index contributed by atoms with van der Waals surface area (Å²) >= 11 is 0. The first-order chi connectivity index (χ1) is 16.1. The van der Waals surface area contributed by atoms with Crippen LogP contribution in [0.1, 0.15) is 26.2 Å². The number of hydrogen-bond acceptors (Lipinski definition) is 5. The molecule has 0 aliphatic rings. The molecule has 7 nitrogen and oxygen atoms in total. The number of azo groups is 1. The highest BCUT2D eigenvalue weighted by Crippen LogP contribution is 2.40. The largest absolute Gasteiger partial charge is 0.497 e. The third-order valence-corrected chi connectivity index (χ3v) is 5.56. The van der Waals surface area contributed by atoms with Crippen molar-refractivity contribution in [2.75, 3.05) is 13.7 Å². The standard InChI is InChI=1S/C26H27N3O4/c1-3-4-7-15-29-22-14-13-19(32-2)16-21(22)25(26(29)31)28-27-24(30)17-33-23-12-8-10-18-9-5-6-11-20(18)23/h5-6,8-14,16,31H,3-4,7,15,17H2,1-2H3. The molecule has 0 bridgehead atoms. The monoisotopic (exact) mass is 445 g/mol. The maximum atomic E-state index is 12.4. The molecule has 0 fully saturated rings. The summed E-state index contributed by atoms with van der Waals surface area (Å²) in [5.74, 6) is 0.685. The summed E-state index contributed by atoms with van der Waals surface area (Å²) in [5, 5.41) is 21.4. The number of aromatic hydroxyl groups is 1. The number of methoxy groups -OCH3 is 1. The molecule has 4 rings (SSSR count). The SMILES string of the molecule is CCCCCn1c(O)c(N=NC(=O)COc2cccc3ccccc23)c2cc(OC)ccc21. The molecule has 1 N–H and O–H groups in total. The molecule has 0 spiro atoms. The Morgan fingerprint density at radius 1 is 1.03 bits per heavy atom. The number of aromatic nitrogens is 1. The average molecular weight is 446 g/mol. The second kappa shape index (κ2) is 10.2. The summed E-state index contributed by atoms with van der Waals surface area (Å²) in [4.78, 5) is 12.4. The van der Waals surface area contributed by atoms with Gasteiger partial charge in [-0.15, -0.1) is 10.2 Å². The van der Waals surface area contributed by atoms with Gasteiger partial charge in [-0.05, 0) is 36.1 Å². The molecule has 1 aromatic heterocycles. The number of aryl methyl sites for hydroxylation is 1. The molecule has 3 aromatic carbocycles. The number of carbonyl (C=O) groups is 1.